The second-order valence-electron chi connectivity index (χ2n) is 7.67. The van der Waals surface area contributed by atoms with Crippen LogP contribution in [-0.4, -0.2) is 11.1 Å². The van der Waals surface area contributed by atoms with Crippen LogP contribution >= 0.6 is 0 Å². The van der Waals surface area contributed by atoms with Gasteiger partial charge < -0.3 is 5.11 Å². The summed E-state index contributed by atoms with van der Waals surface area (Å²) in [5.74, 6) is -0.928. The van der Waals surface area contributed by atoms with Gasteiger partial charge in [0.05, 0.1) is 0 Å². The van der Waals surface area contributed by atoms with Gasteiger partial charge in [0, 0.05) is 6.08 Å². The van der Waals surface area contributed by atoms with Crippen molar-refractivity contribution in [3.05, 3.63) is 60.8 Å². The average molecular weight is 401 g/mol. The Morgan fingerprint density at radius 3 is 1.38 bits per heavy atom. The van der Waals surface area contributed by atoms with Crippen LogP contribution in [0.4, 0.5) is 0 Å². The molecular weight excluding hydrogens is 356 g/mol. The SMILES string of the molecule is CCCCCCCCCCCCCCCCC=CC=CC=CC=CC=CC(=O)O. The van der Waals surface area contributed by atoms with Crippen LogP contribution in [0.15, 0.2) is 60.8 Å². The molecule has 0 aliphatic rings. The van der Waals surface area contributed by atoms with Gasteiger partial charge in [-0.3, -0.25) is 0 Å². The fraction of sp³-hybridized carbons (Fsp3) is 0.593. The van der Waals surface area contributed by atoms with Gasteiger partial charge in [0.1, 0.15) is 0 Å². The second kappa shape index (κ2) is 24.2. The number of carbonyl (C=O) groups is 1. The summed E-state index contributed by atoms with van der Waals surface area (Å²) in [7, 11) is 0. The number of carboxylic acid groups (broad SMARTS) is 1. The molecule has 0 aliphatic heterocycles. The fourth-order valence-electron chi connectivity index (χ4n) is 3.15. The van der Waals surface area contributed by atoms with Gasteiger partial charge in [-0.25, -0.2) is 4.79 Å². The van der Waals surface area contributed by atoms with Gasteiger partial charge in [-0.1, -0.05) is 145 Å². The molecule has 0 unspecified atom stereocenters. The number of unbranched alkanes of at least 4 members (excludes halogenated alkanes) is 14. The Hall–Kier alpha value is -1.83. The zero-order chi connectivity index (χ0) is 21.3. The highest BCUT2D eigenvalue weighted by Crippen LogP contribution is 2.13. The fourth-order valence-corrected chi connectivity index (χ4v) is 3.15. The van der Waals surface area contributed by atoms with Crippen molar-refractivity contribution < 1.29 is 9.90 Å². The zero-order valence-electron chi connectivity index (χ0n) is 18.7. The molecule has 1 N–H and O–H groups in total. The van der Waals surface area contributed by atoms with Crippen LogP contribution in [0.25, 0.3) is 0 Å². The first-order valence-corrected chi connectivity index (χ1v) is 11.8. The Morgan fingerprint density at radius 2 is 0.931 bits per heavy atom. The van der Waals surface area contributed by atoms with Crippen LogP contribution in [0, 0.1) is 0 Å². The van der Waals surface area contributed by atoms with E-state index in [1.54, 1.807) is 6.08 Å². The molecule has 0 fully saturated rings. The highest BCUT2D eigenvalue weighted by Gasteiger charge is 1.93. The lowest BCUT2D eigenvalue weighted by Gasteiger charge is -2.02. The highest BCUT2D eigenvalue weighted by molar-refractivity contribution is 5.80. The molecule has 2 heteroatoms. The molecule has 0 radical (unpaired) electrons. The predicted molar refractivity (Wildman–Crippen MR) is 128 cm³/mol. The largest absolute Gasteiger partial charge is 0.478 e. The van der Waals surface area contributed by atoms with E-state index >= 15 is 0 Å². The molecule has 0 aliphatic carbocycles. The summed E-state index contributed by atoms with van der Waals surface area (Å²) < 4.78 is 0. The Balaban J connectivity index is 3.32. The molecule has 164 valence electrons. The zero-order valence-corrected chi connectivity index (χ0v) is 18.7. The summed E-state index contributed by atoms with van der Waals surface area (Å²) >= 11 is 0. The molecule has 0 aromatic carbocycles. The lowest BCUT2D eigenvalue weighted by atomic mass is 10.0. The second-order valence-corrected chi connectivity index (χ2v) is 7.67. The summed E-state index contributed by atoms with van der Waals surface area (Å²) in [5, 5.41) is 8.43. The van der Waals surface area contributed by atoms with Crippen molar-refractivity contribution in [2.24, 2.45) is 0 Å². The normalized spacial score (nSPS) is 12.6. The summed E-state index contributed by atoms with van der Waals surface area (Å²) in [4.78, 5) is 10.3. The van der Waals surface area contributed by atoms with E-state index < -0.39 is 5.97 Å². The maximum Gasteiger partial charge on any atom is 0.328 e. The summed E-state index contributed by atoms with van der Waals surface area (Å²) in [6, 6.07) is 0. The van der Waals surface area contributed by atoms with Crippen LogP contribution in [0.5, 0.6) is 0 Å². The van der Waals surface area contributed by atoms with E-state index in [4.69, 9.17) is 5.11 Å². The molecule has 0 saturated heterocycles. The number of hydrogen-bond donors (Lipinski definition) is 1. The predicted octanol–water partition coefficient (Wildman–Crippen LogP) is 8.72. The van der Waals surface area contributed by atoms with Gasteiger partial charge in [-0.2, -0.15) is 0 Å². The minimum Gasteiger partial charge on any atom is -0.478 e. The van der Waals surface area contributed by atoms with Crippen molar-refractivity contribution in [3.8, 4) is 0 Å². The van der Waals surface area contributed by atoms with Gasteiger partial charge in [-0.05, 0) is 12.8 Å². The third-order valence-corrected chi connectivity index (χ3v) is 4.88. The van der Waals surface area contributed by atoms with E-state index in [0.29, 0.717) is 0 Å². The molecule has 0 bridgehead atoms. The van der Waals surface area contributed by atoms with E-state index in [2.05, 4.69) is 19.1 Å². The van der Waals surface area contributed by atoms with Gasteiger partial charge >= 0.3 is 5.97 Å². The molecule has 29 heavy (non-hydrogen) atoms. The van der Waals surface area contributed by atoms with E-state index in [-0.39, 0.29) is 0 Å². The van der Waals surface area contributed by atoms with E-state index in [9.17, 15) is 4.79 Å². The summed E-state index contributed by atoms with van der Waals surface area (Å²) in [5.41, 5.74) is 0. The number of allylic oxidation sites excluding steroid dienone is 9. The first-order valence-electron chi connectivity index (χ1n) is 11.8. The lowest BCUT2D eigenvalue weighted by Crippen LogP contribution is -1.84. The van der Waals surface area contributed by atoms with E-state index in [0.717, 1.165) is 12.5 Å². The average Bonchev–Trinajstić information content (AvgIpc) is 2.71. The molecule has 0 rings (SSSR count). The van der Waals surface area contributed by atoms with Crippen LogP contribution in [0.2, 0.25) is 0 Å². The minimum atomic E-state index is -0.928. The topological polar surface area (TPSA) is 37.3 Å². The van der Waals surface area contributed by atoms with Crippen molar-refractivity contribution in [1.29, 1.82) is 0 Å². The van der Waals surface area contributed by atoms with Crippen LogP contribution < -0.4 is 0 Å². The van der Waals surface area contributed by atoms with Crippen molar-refractivity contribution in [3.63, 3.8) is 0 Å². The van der Waals surface area contributed by atoms with Crippen molar-refractivity contribution in [1.82, 2.24) is 0 Å². The van der Waals surface area contributed by atoms with E-state index in [1.165, 1.54) is 96.0 Å². The number of aliphatic carboxylic acids is 1. The molecule has 0 spiro atoms. The molecule has 0 saturated carbocycles. The molecule has 0 aromatic heterocycles. The maximum absolute atomic E-state index is 10.3. The number of hydrogen-bond acceptors (Lipinski definition) is 1. The minimum absolute atomic E-state index is 0.928. The van der Waals surface area contributed by atoms with Gasteiger partial charge in [0.25, 0.3) is 0 Å². The van der Waals surface area contributed by atoms with Gasteiger partial charge in [0.15, 0.2) is 0 Å². The highest BCUT2D eigenvalue weighted by atomic mass is 16.4. The molecule has 0 amide bonds. The molecule has 0 aromatic rings. The molecule has 0 heterocycles. The molecular formula is C27H44O2. The smallest absolute Gasteiger partial charge is 0.328 e. The Labute approximate surface area is 180 Å². The summed E-state index contributed by atoms with van der Waals surface area (Å²) in [6.45, 7) is 2.28. The van der Waals surface area contributed by atoms with Crippen LogP contribution in [-0.2, 0) is 4.79 Å². The lowest BCUT2D eigenvalue weighted by molar-refractivity contribution is -0.131. The van der Waals surface area contributed by atoms with Gasteiger partial charge in [-0.15, -0.1) is 0 Å². The first-order chi connectivity index (χ1) is 14.3. The Kier molecular flexibility index (Phi) is 22.7. The molecule has 2 nitrogen and oxygen atoms in total. The third-order valence-electron chi connectivity index (χ3n) is 4.88. The first kappa shape index (κ1) is 27.2. The monoisotopic (exact) mass is 400 g/mol. The Bertz CT molecular complexity index is 495. The quantitative estimate of drug-likeness (QED) is 0.126. The Morgan fingerprint density at radius 1 is 0.552 bits per heavy atom. The van der Waals surface area contributed by atoms with Crippen LogP contribution in [0.3, 0.4) is 0 Å². The van der Waals surface area contributed by atoms with Gasteiger partial charge in [0.2, 0.25) is 0 Å². The van der Waals surface area contributed by atoms with Crippen molar-refractivity contribution in [2.75, 3.05) is 0 Å². The van der Waals surface area contributed by atoms with E-state index in [1.807, 2.05) is 30.4 Å². The van der Waals surface area contributed by atoms with Crippen molar-refractivity contribution in [2.45, 2.75) is 103 Å². The van der Waals surface area contributed by atoms with Crippen LogP contribution in [0.1, 0.15) is 103 Å². The molecule has 0 atom stereocenters. The number of carboxylic acids is 1. The third kappa shape index (κ3) is 26.2. The number of rotatable bonds is 20. The maximum atomic E-state index is 10.3. The standard InChI is InChI=1S/C27H44O2/c1-2-3-4-5-6-7-8-9-10-11-12-13-14-15-16-17-18-19-20-21-22-23-24-25-26-27(28)29/h17-26H,2-16H2,1H3,(H,28,29). The van der Waals surface area contributed by atoms with Crippen molar-refractivity contribution >= 4 is 5.97 Å². The summed E-state index contributed by atoms with van der Waals surface area (Å²) in [6.07, 6.45) is 39.1.